The highest BCUT2D eigenvalue weighted by Gasteiger charge is 2.20. The van der Waals surface area contributed by atoms with Crippen LogP contribution >= 0.6 is 15.9 Å². The van der Waals surface area contributed by atoms with E-state index in [0.29, 0.717) is 4.47 Å². The van der Waals surface area contributed by atoms with Gasteiger partial charge in [-0.3, -0.25) is 0 Å². The van der Waals surface area contributed by atoms with Crippen molar-refractivity contribution in [1.82, 2.24) is 5.32 Å². The number of benzene rings is 1. The minimum Gasteiger partial charge on any atom is -0.310 e. The summed E-state index contributed by atoms with van der Waals surface area (Å²) in [5, 5.41) is 3.53. The molecule has 3 heteroatoms. The molecule has 0 amide bonds. The van der Waals surface area contributed by atoms with E-state index in [2.05, 4.69) is 28.2 Å². The highest BCUT2D eigenvalue weighted by atomic mass is 79.9. The molecule has 0 aromatic heterocycles. The maximum Gasteiger partial charge on any atom is 0.142 e. The zero-order chi connectivity index (χ0) is 15.1. The van der Waals surface area contributed by atoms with E-state index in [-0.39, 0.29) is 11.9 Å². The van der Waals surface area contributed by atoms with Gasteiger partial charge in [0, 0.05) is 11.6 Å². The van der Waals surface area contributed by atoms with E-state index in [0.717, 1.165) is 30.9 Å². The first-order chi connectivity index (χ1) is 10.2. The Hall–Kier alpha value is -0.410. The summed E-state index contributed by atoms with van der Waals surface area (Å²) in [5.41, 5.74) is 0.814. The van der Waals surface area contributed by atoms with Gasteiger partial charge in [0.05, 0.1) is 4.47 Å². The van der Waals surface area contributed by atoms with Gasteiger partial charge in [-0.1, -0.05) is 51.2 Å². The van der Waals surface area contributed by atoms with Gasteiger partial charge in [-0.25, -0.2) is 4.39 Å². The lowest BCUT2D eigenvalue weighted by molar-refractivity contribution is 0.312. The van der Waals surface area contributed by atoms with E-state index >= 15 is 0 Å². The van der Waals surface area contributed by atoms with E-state index in [4.69, 9.17) is 0 Å². The minimum absolute atomic E-state index is 0.102. The third-order valence-electron chi connectivity index (χ3n) is 4.59. The molecule has 0 heterocycles. The van der Waals surface area contributed by atoms with Gasteiger partial charge < -0.3 is 5.32 Å². The molecule has 1 saturated carbocycles. The Kier molecular flexibility index (Phi) is 7.18. The molecule has 2 rings (SSSR count). The maximum absolute atomic E-state index is 14.4. The summed E-state index contributed by atoms with van der Waals surface area (Å²) in [5.74, 6) is 0.745. The molecular formula is C18H27BrFN. The van der Waals surface area contributed by atoms with Gasteiger partial charge in [-0.2, -0.15) is 0 Å². The first-order valence-electron chi connectivity index (χ1n) is 8.39. The van der Waals surface area contributed by atoms with Crippen LogP contribution in [0.15, 0.2) is 22.7 Å². The standard InChI is InChI=1S/C18H27BrFN/c1-2-13-21-17(12-11-14-7-4-3-5-8-14)15-9-6-10-16(19)18(15)20/h6,9-10,14,17,21H,2-5,7-8,11-13H2,1H3. The fraction of sp³-hybridized carbons (Fsp3) is 0.667. The molecule has 0 saturated heterocycles. The van der Waals surface area contributed by atoms with Gasteiger partial charge in [0.15, 0.2) is 0 Å². The van der Waals surface area contributed by atoms with Crippen LogP contribution in [0.1, 0.15) is 69.9 Å². The number of halogens is 2. The third-order valence-corrected chi connectivity index (χ3v) is 5.20. The van der Waals surface area contributed by atoms with Crippen LogP contribution in [0.2, 0.25) is 0 Å². The Morgan fingerprint density at radius 3 is 2.76 bits per heavy atom. The van der Waals surface area contributed by atoms with E-state index in [1.165, 1.54) is 38.5 Å². The van der Waals surface area contributed by atoms with Crippen molar-refractivity contribution in [1.29, 1.82) is 0 Å². The molecule has 1 aliphatic carbocycles. The second-order valence-corrected chi connectivity index (χ2v) is 7.09. The lowest BCUT2D eigenvalue weighted by Gasteiger charge is -2.25. The van der Waals surface area contributed by atoms with E-state index in [1.807, 2.05) is 12.1 Å². The van der Waals surface area contributed by atoms with Crippen molar-refractivity contribution in [2.75, 3.05) is 6.54 Å². The average molecular weight is 356 g/mol. The average Bonchev–Trinajstić information content (AvgIpc) is 2.52. The summed E-state index contributed by atoms with van der Waals surface area (Å²) >= 11 is 3.31. The molecule has 1 aromatic rings. The lowest BCUT2D eigenvalue weighted by atomic mass is 9.84. The monoisotopic (exact) mass is 355 g/mol. The normalized spacial score (nSPS) is 17.9. The third kappa shape index (κ3) is 5.07. The van der Waals surface area contributed by atoms with E-state index in [9.17, 15) is 4.39 Å². The van der Waals surface area contributed by atoms with Crippen LogP contribution in [0.4, 0.5) is 4.39 Å². The molecule has 1 unspecified atom stereocenters. The summed E-state index contributed by atoms with van der Waals surface area (Å²) in [6.07, 6.45) is 10.2. The van der Waals surface area contributed by atoms with Gasteiger partial charge in [0.2, 0.25) is 0 Å². The molecule has 0 aliphatic heterocycles. The molecule has 1 atom stereocenters. The number of hydrogen-bond acceptors (Lipinski definition) is 1. The highest BCUT2D eigenvalue weighted by Crippen LogP contribution is 2.32. The van der Waals surface area contributed by atoms with Crippen LogP contribution in [0.5, 0.6) is 0 Å². The van der Waals surface area contributed by atoms with Crippen molar-refractivity contribution in [3.05, 3.63) is 34.1 Å². The molecule has 1 aromatic carbocycles. The van der Waals surface area contributed by atoms with Gasteiger partial charge in [-0.05, 0) is 53.7 Å². The van der Waals surface area contributed by atoms with Crippen LogP contribution < -0.4 is 5.32 Å². The Morgan fingerprint density at radius 2 is 2.05 bits per heavy atom. The van der Waals surface area contributed by atoms with Crippen molar-refractivity contribution in [2.24, 2.45) is 5.92 Å². The van der Waals surface area contributed by atoms with Gasteiger partial charge in [0.1, 0.15) is 5.82 Å². The molecule has 0 radical (unpaired) electrons. The van der Waals surface area contributed by atoms with Crippen LogP contribution in [-0.2, 0) is 0 Å². The Bertz CT molecular complexity index is 429. The fourth-order valence-electron chi connectivity index (χ4n) is 3.35. The smallest absolute Gasteiger partial charge is 0.142 e. The summed E-state index contributed by atoms with van der Waals surface area (Å²) < 4.78 is 14.9. The zero-order valence-electron chi connectivity index (χ0n) is 13.0. The van der Waals surface area contributed by atoms with Crippen molar-refractivity contribution in [3.8, 4) is 0 Å². The lowest BCUT2D eigenvalue weighted by Crippen LogP contribution is -2.24. The molecule has 0 bridgehead atoms. The summed E-state index contributed by atoms with van der Waals surface area (Å²) in [7, 11) is 0. The second-order valence-electron chi connectivity index (χ2n) is 6.23. The quantitative estimate of drug-likeness (QED) is 0.633. The predicted molar refractivity (Wildman–Crippen MR) is 90.9 cm³/mol. The van der Waals surface area contributed by atoms with E-state index < -0.39 is 0 Å². The summed E-state index contributed by atoms with van der Waals surface area (Å²) in [6, 6.07) is 5.78. The van der Waals surface area contributed by atoms with Crippen molar-refractivity contribution in [2.45, 2.75) is 64.3 Å². The Balaban J connectivity index is 2.01. The maximum atomic E-state index is 14.4. The van der Waals surface area contributed by atoms with E-state index in [1.54, 1.807) is 6.07 Å². The van der Waals surface area contributed by atoms with Crippen LogP contribution in [-0.4, -0.2) is 6.54 Å². The molecular weight excluding hydrogens is 329 g/mol. The number of hydrogen-bond donors (Lipinski definition) is 1. The number of nitrogens with one attached hydrogen (secondary N) is 1. The van der Waals surface area contributed by atoms with Crippen LogP contribution in [0, 0.1) is 11.7 Å². The summed E-state index contributed by atoms with van der Waals surface area (Å²) in [6.45, 7) is 3.10. The summed E-state index contributed by atoms with van der Waals surface area (Å²) in [4.78, 5) is 0. The molecule has 1 N–H and O–H groups in total. The highest BCUT2D eigenvalue weighted by molar-refractivity contribution is 9.10. The Morgan fingerprint density at radius 1 is 1.29 bits per heavy atom. The predicted octanol–water partition coefficient (Wildman–Crippen LogP) is 5.99. The van der Waals surface area contributed by atoms with Crippen molar-refractivity contribution >= 4 is 15.9 Å². The molecule has 1 nitrogen and oxygen atoms in total. The van der Waals surface area contributed by atoms with Crippen LogP contribution in [0.25, 0.3) is 0 Å². The molecule has 21 heavy (non-hydrogen) atoms. The number of rotatable bonds is 7. The zero-order valence-corrected chi connectivity index (χ0v) is 14.6. The second kappa shape index (κ2) is 8.89. The van der Waals surface area contributed by atoms with Crippen molar-refractivity contribution < 1.29 is 4.39 Å². The fourth-order valence-corrected chi connectivity index (χ4v) is 3.74. The topological polar surface area (TPSA) is 12.0 Å². The molecule has 118 valence electrons. The van der Waals surface area contributed by atoms with Gasteiger partial charge >= 0.3 is 0 Å². The van der Waals surface area contributed by atoms with Crippen molar-refractivity contribution in [3.63, 3.8) is 0 Å². The van der Waals surface area contributed by atoms with Gasteiger partial charge in [0.25, 0.3) is 0 Å². The van der Waals surface area contributed by atoms with Gasteiger partial charge in [-0.15, -0.1) is 0 Å². The van der Waals surface area contributed by atoms with Crippen LogP contribution in [0.3, 0.4) is 0 Å². The first kappa shape index (κ1) is 17.0. The molecule has 1 aliphatic rings. The largest absolute Gasteiger partial charge is 0.310 e. The minimum atomic E-state index is -0.102. The first-order valence-corrected chi connectivity index (χ1v) is 9.19. The SMILES string of the molecule is CCCNC(CCC1CCCCC1)c1cccc(Br)c1F. The molecule has 1 fully saturated rings. The Labute approximate surface area is 136 Å². The molecule has 0 spiro atoms.